The van der Waals surface area contributed by atoms with Crippen LogP contribution in [-0.2, 0) is 4.52 Å². The van der Waals surface area contributed by atoms with Crippen molar-refractivity contribution in [3.63, 3.8) is 0 Å². The first kappa shape index (κ1) is 22.4. The molecule has 0 bridgehead atoms. The summed E-state index contributed by atoms with van der Waals surface area (Å²) in [4.78, 5) is 17.0. The Labute approximate surface area is 122 Å². The van der Waals surface area contributed by atoms with Gasteiger partial charge >= 0.3 is 8.60 Å². The summed E-state index contributed by atoms with van der Waals surface area (Å²) in [6.07, 6.45) is 4.54. The molecule has 0 saturated heterocycles. The van der Waals surface area contributed by atoms with Crippen molar-refractivity contribution in [2.24, 2.45) is 11.7 Å². The fourth-order valence-electron chi connectivity index (χ4n) is 1.22. The number of aliphatic hydroxyl groups excluding tert-OH is 3. The number of unbranched alkanes of at least 4 members (excludes halogenated alkanes) is 1. The Morgan fingerprint density at radius 1 is 1.10 bits per heavy atom. The van der Waals surface area contributed by atoms with Gasteiger partial charge in [0.05, 0.1) is 32.0 Å². The second-order valence-corrected chi connectivity index (χ2v) is 5.57. The van der Waals surface area contributed by atoms with E-state index in [2.05, 4.69) is 13.8 Å². The molecule has 0 aliphatic rings. The summed E-state index contributed by atoms with van der Waals surface area (Å²) in [5.41, 5.74) is 3.94. The highest BCUT2D eigenvalue weighted by molar-refractivity contribution is 7.39. The van der Waals surface area contributed by atoms with Crippen LogP contribution in [0.5, 0.6) is 0 Å². The minimum Gasteiger partial charge on any atom is -0.394 e. The summed E-state index contributed by atoms with van der Waals surface area (Å²) in [6.45, 7) is 3.52. The lowest BCUT2D eigenvalue weighted by Crippen LogP contribution is -2.50. The maximum atomic E-state index is 8.52. The van der Waals surface area contributed by atoms with E-state index in [1.54, 1.807) is 0 Å². The van der Waals surface area contributed by atoms with Gasteiger partial charge in [0.1, 0.15) is 0 Å². The Morgan fingerprint density at radius 2 is 1.60 bits per heavy atom. The van der Waals surface area contributed by atoms with Crippen LogP contribution in [0.25, 0.3) is 0 Å². The normalized spacial score (nSPS) is 13.1. The quantitative estimate of drug-likeness (QED) is 0.314. The number of nitrogens with two attached hydrogens (primary N) is 1. The molecule has 7 nitrogen and oxygen atoms in total. The van der Waals surface area contributed by atoms with Crippen LogP contribution >= 0.6 is 8.60 Å². The maximum Gasteiger partial charge on any atom is 0.327 e. The molecule has 0 amide bonds. The standard InChI is InChI=1S/C8H19O3P.C4H11NO3/c1-3-5-6-8(4-2)7-11-12(9)10;5-4(1-6,2-7)3-8/h8-10H,3-7H2,1-2H3;6-8H,1-3,5H2. The van der Waals surface area contributed by atoms with Crippen molar-refractivity contribution >= 4 is 8.60 Å². The van der Waals surface area contributed by atoms with E-state index >= 15 is 0 Å². The Morgan fingerprint density at radius 3 is 1.85 bits per heavy atom. The Kier molecular flexibility index (Phi) is 15.8. The molecule has 1 atom stereocenters. The largest absolute Gasteiger partial charge is 0.394 e. The van der Waals surface area contributed by atoms with E-state index in [1.807, 2.05) is 0 Å². The minimum absolute atomic E-state index is 0.403. The van der Waals surface area contributed by atoms with Crippen molar-refractivity contribution in [2.75, 3.05) is 26.4 Å². The van der Waals surface area contributed by atoms with E-state index in [1.165, 1.54) is 12.8 Å². The molecule has 0 aliphatic heterocycles. The summed E-state index contributed by atoms with van der Waals surface area (Å²) in [6, 6.07) is 0. The van der Waals surface area contributed by atoms with Crippen molar-refractivity contribution < 1.29 is 29.6 Å². The lowest BCUT2D eigenvalue weighted by atomic mass is 10.0. The molecule has 124 valence electrons. The molecule has 0 saturated carbocycles. The van der Waals surface area contributed by atoms with Gasteiger partial charge in [0.25, 0.3) is 0 Å². The molecular weight excluding hydrogens is 285 g/mol. The fourth-order valence-corrected chi connectivity index (χ4v) is 1.56. The predicted molar refractivity (Wildman–Crippen MR) is 78.8 cm³/mol. The summed E-state index contributed by atoms with van der Waals surface area (Å²) in [5, 5.41) is 25.0. The zero-order valence-electron chi connectivity index (χ0n) is 12.4. The molecule has 0 aromatic rings. The maximum absolute atomic E-state index is 8.52. The first-order valence-electron chi connectivity index (χ1n) is 6.81. The third kappa shape index (κ3) is 13.1. The highest BCUT2D eigenvalue weighted by atomic mass is 31.2. The van der Waals surface area contributed by atoms with Gasteiger partial charge in [0.2, 0.25) is 0 Å². The van der Waals surface area contributed by atoms with Crippen molar-refractivity contribution in [3.05, 3.63) is 0 Å². The van der Waals surface area contributed by atoms with E-state index in [-0.39, 0.29) is 0 Å². The van der Waals surface area contributed by atoms with Crippen LogP contribution in [0.15, 0.2) is 0 Å². The minimum atomic E-state index is -2.15. The molecule has 0 rings (SSSR count). The molecule has 0 spiro atoms. The second kappa shape index (κ2) is 14.1. The number of hydrogen-bond donors (Lipinski definition) is 6. The highest BCUT2D eigenvalue weighted by Crippen LogP contribution is 2.27. The zero-order chi connectivity index (χ0) is 16.0. The predicted octanol–water partition coefficient (Wildman–Crippen LogP) is 0.0917. The molecule has 8 heteroatoms. The smallest absolute Gasteiger partial charge is 0.327 e. The van der Waals surface area contributed by atoms with Crippen LogP contribution in [0.4, 0.5) is 0 Å². The monoisotopic (exact) mass is 315 g/mol. The van der Waals surface area contributed by atoms with Gasteiger partial charge in [0.15, 0.2) is 0 Å². The van der Waals surface area contributed by atoms with Gasteiger partial charge in [-0.05, 0) is 12.3 Å². The Bertz CT molecular complexity index is 196. The molecule has 0 heterocycles. The van der Waals surface area contributed by atoms with E-state index in [0.717, 1.165) is 12.8 Å². The van der Waals surface area contributed by atoms with Gasteiger partial charge in [-0.2, -0.15) is 0 Å². The van der Waals surface area contributed by atoms with Crippen molar-refractivity contribution in [3.8, 4) is 0 Å². The van der Waals surface area contributed by atoms with Crippen LogP contribution in [0, 0.1) is 5.92 Å². The summed E-state index contributed by atoms with van der Waals surface area (Å²) in [5.74, 6) is 0.481. The SMILES string of the molecule is CCCCC(CC)COP(O)O.NC(CO)(CO)CO. The van der Waals surface area contributed by atoms with Gasteiger partial charge < -0.3 is 35.4 Å². The number of hydrogen-bond acceptors (Lipinski definition) is 7. The average molecular weight is 315 g/mol. The number of rotatable bonds is 10. The lowest BCUT2D eigenvalue weighted by molar-refractivity contribution is 0.0697. The summed E-state index contributed by atoms with van der Waals surface area (Å²) < 4.78 is 4.77. The van der Waals surface area contributed by atoms with Gasteiger partial charge in [-0.25, -0.2) is 0 Å². The van der Waals surface area contributed by atoms with Crippen LogP contribution in [-0.4, -0.2) is 57.1 Å². The molecule has 1 unspecified atom stereocenters. The van der Waals surface area contributed by atoms with Crippen LogP contribution in [0.1, 0.15) is 39.5 Å². The van der Waals surface area contributed by atoms with Gasteiger partial charge in [-0.3, -0.25) is 0 Å². The fraction of sp³-hybridized carbons (Fsp3) is 1.00. The van der Waals surface area contributed by atoms with Gasteiger partial charge in [-0.15, -0.1) is 0 Å². The van der Waals surface area contributed by atoms with E-state index < -0.39 is 34.0 Å². The molecule has 0 aromatic carbocycles. The molecule has 0 aromatic heterocycles. The Balaban J connectivity index is 0. The topological polar surface area (TPSA) is 136 Å². The molecule has 0 aliphatic carbocycles. The molecule has 0 fully saturated rings. The van der Waals surface area contributed by atoms with Gasteiger partial charge in [0, 0.05) is 0 Å². The molecule has 7 N–H and O–H groups in total. The zero-order valence-corrected chi connectivity index (χ0v) is 13.3. The summed E-state index contributed by atoms with van der Waals surface area (Å²) in [7, 11) is -2.15. The Hall–Kier alpha value is 0.150. The molecule has 20 heavy (non-hydrogen) atoms. The first-order chi connectivity index (χ1) is 9.38. The number of aliphatic hydroxyl groups is 3. The molecule has 0 radical (unpaired) electrons. The third-order valence-electron chi connectivity index (χ3n) is 2.91. The van der Waals surface area contributed by atoms with Crippen molar-refractivity contribution in [1.82, 2.24) is 0 Å². The highest BCUT2D eigenvalue weighted by Gasteiger charge is 2.20. The van der Waals surface area contributed by atoms with Crippen LogP contribution in [0.2, 0.25) is 0 Å². The van der Waals surface area contributed by atoms with E-state index in [0.29, 0.717) is 12.5 Å². The average Bonchev–Trinajstić information content (AvgIpc) is 2.47. The summed E-state index contributed by atoms with van der Waals surface area (Å²) >= 11 is 0. The van der Waals surface area contributed by atoms with E-state index in [4.69, 9.17) is 35.4 Å². The van der Waals surface area contributed by atoms with Crippen molar-refractivity contribution in [2.45, 2.75) is 45.1 Å². The van der Waals surface area contributed by atoms with Crippen molar-refractivity contribution in [1.29, 1.82) is 0 Å². The molecular formula is C12H30NO6P. The van der Waals surface area contributed by atoms with Gasteiger partial charge in [-0.1, -0.05) is 33.1 Å². The first-order valence-corrected chi connectivity index (χ1v) is 7.97. The van der Waals surface area contributed by atoms with Crippen LogP contribution < -0.4 is 5.73 Å². The lowest BCUT2D eigenvalue weighted by Gasteiger charge is -2.20. The van der Waals surface area contributed by atoms with Crippen LogP contribution in [0.3, 0.4) is 0 Å². The van der Waals surface area contributed by atoms with E-state index in [9.17, 15) is 0 Å². The second-order valence-electron chi connectivity index (χ2n) is 4.80. The third-order valence-corrected chi connectivity index (χ3v) is 3.29.